The lowest BCUT2D eigenvalue weighted by molar-refractivity contribution is -0.133. The van der Waals surface area contributed by atoms with Crippen LogP contribution in [0.3, 0.4) is 0 Å². The van der Waals surface area contributed by atoms with Crippen LogP contribution in [-0.2, 0) is 9.59 Å². The summed E-state index contributed by atoms with van der Waals surface area (Å²) in [6, 6.07) is 0. The van der Waals surface area contributed by atoms with Crippen LogP contribution in [0, 0.1) is 0 Å². The van der Waals surface area contributed by atoms with E-state index in [1.54, 1.807) is 0 Å². The number of amides is 2. The van der Waals surface area contributed by atoms with Gasteiger partial charge in [0.25, 0.3) is 0 Å². The fourth-order valence-electron chi connectivity index (χ4n) is 2.82. The quantitative estimate of drug-likeness (QED) is 0.703. The number of hydrogen-bond acceptors (Lipinski definition) is 4. The van der Waals surface area contributed by atoms with Crippen LogP contribution in [0.15, 0.2) is 0 Å². The van der Waals surface area contributed by atoms with E-state index >= 15 is 0 Å². The number of rotatable bonds is 4. The lowest BCUT2D eigenvalue weighted by Gasteiger charge is -2.38. The highest BCUT2D eigenvalue weighted by Crippen LogP contribution is 2.32. The Hall–Kier alpha value is -1.14. The predicted molar refractivity (Wildman–Crippen MR) is 72.2 cm³/mol. The van der Waals surface area contributed by atoms with E-state index in [0.29, 0.717) is 19.5 Å². The summed E-state index contributed by atoms with van der Waals surface area (Å²) in [6.45, 7) is 3.24. The van der Waals surface area contributed by atoms with Crippen molar-refractivity contribution in [3.8, 4) is 0 Å². The van der Waals surface area contributed by atoms with Crippen molar-refractivity contribution in [3.05, 3.63) is 0 Å². The Labute approximate surface area is 114 Å². The van der Waals surface area contributed by atoms with E-state index in [0.717, 1.165) is 38.8 Å². The summed E-state index contributed by atoms with van der Waals surface area (Å²) < 4.78 is 0. The van der Waals surface area contributed by atoms with Gasteiger partial charge < -0.3 is 16.4 Å². The van der Waals surface area contributed by atoms with E-state index < -0.39 is 0 Å². The van der Waals surface area contributed by atoms with Gasteiger partial charge in [-0.25, -0.2) is 0 Å². The molecule has 0 spiro atoms. The Kier molecular flexibility index (Phi) is 4.42. The van der Waals surface area contributed by atoms with Crippen molar-refractivity contribution in [1.82, 2.24) is 9.80 Å². The van der Waals surface area contributed by atoms with E-state index in [1.807, 2.05) is 9.80 Å². The van der Waals surface area contributed by atoms with Gasteiger partial charge in [-0.3, -0.25) is 14.5 Å². The van der Waals surface area contributed by atoms with Crippen molar-refractivity contribution < 1.29 is 9.59 Å². The summed E-state index contributed by atoms with van der Waals surface area (Å²) >= 11 is 0. The summed E-state index contributed by atoms with van der Waals surface area (Å²) in [5, 5.41) is 0. The fourth-order valence-corrected chi connectivity index (χ4v) is 2.82. The molecule has 2 fully saturated rings. The third-order valence-electron chi connectivity index (χ3n) is 4.17. The summed E-state index contributed by atoms with van der Waals surface area (Å²) in [7, 11) is 0. The molecule has 2 aliphatic rings. The van der Waals surface area contributed by atoms with Gasteiger partial charge in [0.2, 0.25) is 11.8 Å². The topological polar surface area (TPSA) is 92.7 Å². The maximum atomic E-state index is 12.2. The average Bonchev–Trinajstić information content (AvgIpc) is 2.52. The Morgan fingerprint density at radius 2 is 1.79 bits per heavy atom. The zero-order chi connectivity index (χ0) is 13.9. The Morgan fingerprint density at radius 3 is 2.37 bits per heavy atom. The second-order valence-electron chi connectivity index (χ2n) is 5.87. The monoisotopic (exact) mass is 268 g/mol. The van der Waals surface area contributed by atoms with Crippen LogP contribution >= 0.6 is 0 Å². The molecule has 6 nitrogen and oxygen atoms in total. The first-order valence-corrected chi connectivity index (χ1v) is 7.06. The summed E-state index contributed by atoms with van der Waals surface area (Å²) in [6.07, 6.45) is 4.40. The molecule has 0 atom stereocenters. The third-order valence-corrected chi connectivity index (χ3v) is 4.17. The minimum absolute atomic E-state index is 0.156. The van der Waals surface area contributed by atoms with E-state index in [9.17, 15) is 9.59 Å². The number of carbonyl (C=O) groups excluding carboxylic acids is 2. The molecule has 2 amide bonds. The number of nitrogens with two attached hydrogens (primary N) is 2. The molecular weight excluding hydrogens is 244 g/mol. The van der Waals surface area contributed by atoms with Crippen LogP contribution in [0.25, 0.3) is 0 Å². The fraction of sp³-hybridized carbons (Fsp3) is 0.846. The van der Waals surface area contributed by atoms with Crippen molar-refractivity contribution in [2.75, 3.05) is 32.7 Å². The van der Waals surface area contributed by atoms with E-state index in [1.165, 1.54) is 0 Å². The van der Waals surface area contributed by atoms with Gasteiger partial charge in [0.05, 0.1) is 6.54 Å². The number of hydrogen-bond donors (Lipinski definition) is 2. The Morgan fingerprint density at radius 1 is 1.05 bits per heavy atom. The molecule has 1 saturated carbocycles. The zero-order valence-electron chi connectivity index (χ0n) is 11.4. The summed E-state index contributed by atoms with van der Waals surface area (Å²) in [5.41, 5.74) is 11.1. The van der Waals surface area contributed by atoms with Gasteiger partial charge in [0.15, 0.2) is 0 Å². The van der Waals surface area contributed by atoms with Crippen LogP contribution in [0.1, 0.15) is 32.1 Å². The van der Waals surface area contributed by atoms with Crippen molar-refractivity contribution in [3.63, 3.8) is 0 Å². The second kappa shape index (κ2) is 5.88. The number of nitrogens with zero attached hydrogens (tertiary/aromatic N) is 2. The van der Waals surface area contributed by atoms with Gasteiger partial charge in [-0.05, 0) is 25.7 Å². The van der Waals surface area contributed by atoms with Gasteiger partial charge in [0.1, 0.15) is 0 Å². The summed E-state index contributed by atoms with van der Waals surface area (Å²) in [5.74, 6) is -0.154. The first kappa shape index (κ1) is 14.3. The minimum Gasteiger partial charge on any atom is -0.369 e. The van der Waals surface area contributed by atoms with Gasteiger partial charge >= 0.3 is 0 Å². The van der Waals surface area contributed by atoms with Gasteiger partial charge in [-0.15, -0.1) is 0 Å². The lowest BCUT2D eigenvalue weighted by atomic mass is 9.75. The average molecular weight is 268 g/mol. The maximum absolute atomic E-state index is 12.2. The van der Waals surface area contributed by atoms with Crippen molar-refractivity contribution in [1.29, 1.82) is 0 Å². The molecule has 1 saturated heterocycles. The molecule has 2 rings (SSSR count). The molecule has 1 aliphatic heterocycles. The largest absolute Gasteiger partial charge is 0.369 e. The SMILES string of the molecule is NC(=O)CN1CCCN(C(=O)CC2(N)CCC2)CC1. The predicted octanol–water partition coefficient (Wildman–Crippen LogP) is -0.722. The highest BCUT2D eigenvalue weighted by molar-refractivity contribution is 5.78. The molecule has 0 aromatic carbocycles. The van der Waals surface area contributed by atoms with Crippen LogP contribution in [0.5, 0.6) is 0 Å². The number of carbonyl (C=O) groups is 2. The zero-order valence-corrected chi connectivity index (χ0v) is 11.4. The van der Waals surface area contributed by atoms with Crippen LogP contribution < -0.4 is 11.5 Å². The molecule has 19 heavy (non-hydrogen) atoms. The smallest absolute Gasteiger partial charge is 0.231 e. The number of primary amides is 1. The maximum Gasteiger partial charge on any atom is 0.231 e. The van der Waals surface area contributed by atoms with Crippen molar-refractivity contribution >= 4 is 11.8 Å². The summed E-state index contributed by atoms with van der Waals surface area (Å²) in [4.78, 5) is 27.0. The second-order valence-corrected chi connectivity index (χ2v) is 5.87. The Balaban J connectivity index is 1.81. The van der Waals surface area contributed by atoms with Gasteiger partial charge in [-0.2, -0.15) is 0 Å². The first-order valence-electron chi connectivity index (χ1n) is 7.06. The van der Waals surface area contributed by atoms with E-state index in [4.69, 9.17) is 11.5 Å². The van der Waals surface area contributed by atoms with Gasteiger partial charge in [0, 0.05) is 38.1 Å². The first-order chi connectivity index (χ1) is 8.98. The highest BCUT2D eigenvalue weighted by atomic mass is 16.2. The third kappa shape index (κ3) is 3.91. The molecule has 0 unspecified atom stereocenters. The molecule has 0 aromatic rings. The van der Waals surface area contributed by atoms with Crippen molar-refractivity contribution in [2.45, 2.75) is 37.6 Å². The molecule has 0 aromatic heterocycles. The van der Waals surface area contributed by atoms with Crippen LogP contribution in [0.2, 0.25) is 0 Å². The molecular formula is C13H24N4O2. The van der Waals surface area contributed by atoms with Crippen LogP contribution in [-0.4, -0.2) is 59.9 Å². The molecule has 0 radical (unpaired) electrons. The molecule has 1 aliphatic carbocycles. The normalized spacial score (nSPS) is 23.5. The van der Waals surface area contributed by atoms with Gasteiger partial charge in [-0.1, -0.05) is 0 Å². The van der Waals surface area contributed by atoms with E-state index in [-0.39, 0.29) is 23.9 Å². The van der Waals surface area contributed by atoms with E-state index in [2.05, 4.69) is 0 Å². The molecule has 1 heterocycles. The van der Waals surface area contributed by atoms with Crippen LogP contribution in [0.4, 0.5) is 0 Å². The highest BCUT2D eigenvalue weighted by Gasteiger charge is 2.36. The lowest BCUT2D eigenvalue weighted by Crippen LogP contribution is -2.51. The molecule has 108 valence electrons. The Bertz CT molecular complexity index is 355. The standard InChI is InChI=1S/C13H24N4O2/c14-11(18)10-16-5-2-6-17(8-7-16)12(19)9-13(15)3-1-4-13/h1-10,15H2,(H2,14,18). The molecule has 4 N–H and O–H groups in total. The molecule has 6 heteroatoms. The van der Waals surface area contributed by atoms with Crippen molar-refractivity contribution in [2.24, 2.45) is 11.5 Å². The molecule has 0 bridgehead atoms. The minimum atomic E-state index is -0.310.